The van der Waals surface area contributed by atoms with Gasteiger partial charge in [-0.15, -0.1) is 11.3 Å². The molecule has 0 aliphatic carbocycles. The maximum Gasteiger partial charge on any atom is 0.411 e. The number of nitrogens with zero attached hydrogens (tertiary/aromatic N) is 1. The Morgan fingerprint density at radius 3 is 2.24 bits per heavy atom. The van der Waals surface area contributed by atoms with E-state index in [1.54, 1.807) is 19.1 Å². The number of halogens is 1. The van der Waals surface area contributed by atoms with Crippen molar-refractivity contribution in [3.63, 3.8) is 0 Å². The Morgan fingerprint density at radius 2 is 1.84 bits per heavy atom. The monoisotopic (exact) mass is 415 g/mol. The second kappa shape index (κ2) is 10.5. The van der Waals surface area contributed by atoms with Crippen LogP contribution in [0.1, 0.15) is 17.6 Å². The van der Waals surface area contributed by atoms with E-state index in [0.717, 1.165) is 11.3 Å². The molecule has 144 valence electrons. The molecular weight excluding hydrogens is 393 g/mol. The number of methoxy groups -OCH3 is 2. The Kier molecular flexibility index (Phi) is 9.37. The van der Waals surface area contributed by atoms with Crippen LogP contribution in [-0.4, -0.2) is 58.9 Å². The maximum atomic E-state index is 13.2. The number of thiophene rings is 1. The third-order valence-electron chi connectivity index (χ3n) is 3.33. The van der Waals surface area contributed by atoms with Gasteiger partial charge in [-0.1, -0.05) is 11.6 Å². The number of ether oxygens (including phenoxy) is 3. The lowest BCUT2D eigenvalue weighted by Gasteiger charge is -2.34. The molecule has 0 spiro atoms. The fourth-order valence-electron chi connectivity index (χ4n) is 2.11. The summed E-state index contributed by atoms with van der Waals surface area (Å²) in [5.41, 5.74) is 0. The zero-order valence-electron chi connectivity index (χ0n) is 14.8. The van der Waals surface area contributed by atoms with Crippen molar-refractivity contribution in [3.05, 3.63) is 21.3 Å². The summed E-state index contributed by atoms with van der Waals surface area (Å²) in [6.07, 6.45) is -1.46. The topological polar surface area (TPSA) is 83.5 Å². The van der Waals surface area contributed by atoms with Crippen LogP contribution in [0.25, 0.3) is 0 Å². The number of rotatable bonds is 10. The van der Waals surface area contributed by atoms with Gasteiger partial charge in [0.1, 0.15) is 0 Å². The van der Waals surface area contributed by atoms with Gasteiger partial charge in [-0.3, -0.25) is 9.46 Å². The van der Waals surface area contributed by atoms with Crippen LogP contribution >= 0.6 is 30.5 Å². The van der Waals surface area contributed by atoms with Crippen molar-refractivity contribution in [2.75, 3.05) is 41.6 Å². The Hall–Kier alpha value is -0.670. The van der Waals surface area contributed by atoms with Crippen LogP contribution in [0.5, 0.6) is 0 Å². The number of hydrogen-bond donors (Lipinski definition) is 0. The van der Waals surface area contributed by atoms with Crippen molar-refractivity contribution in [3.8, 4) is 0 Å². The van der Waals surface area contributed by atoms with Gasteiger partial charge in [0.05, 0.1) is 17.5 Å². The second-order valence-electron chi connectivity index (χ2n) is 4.67. The molecule has 0 N–H and O–H groups in total. The van der Waals surface area contributed by atoms with Crippen LogP contribution in [0.4, 0.5) is 4.79 Å². The van der Waals surface area contributed by atoms with Gasteiger partial charge in [-0.25, -0.2) is 4.79 Å². The highest BCUT2D eigenvalue weighted by Gasteiger charge is 2.44. The third-order valence-corrected chi connectivity index (χ3v) is 6.96. The minimum Gasteiger partial charge on any atom is -0.450 e. The zero-order chi connectivity index (χ0) is 19.0. The van der Waals surface area contributed by atoms with Gasteiger partial charge >= 0.3 is 13.7 Å². The summed E-state index contributed by atoms with van der Waals surface area (Å²) in [7, 11) is 1.62. The first-order chi connectivity index (χ1) is 11.9. The molecular formula is C14H23ClNO7PS. The minimum absolute atomic E-state index is 0.0528. The molecule has 0 fully saturated rings. The number of carbonyl (C=O) groups is 1. The molecule has 1 aromatic heterocycles. The van der Waals surface area contributed by atoms with Crippen molar-refractivity contribution >= 4 is 36.6 Å². The normalized spacial score (nSPS) is 13.1. The van der Waals surface area contributed by atoms with Crippen LogP contribution in [0.2, 0.25) is 4.34 Å². The van der Waals surface area contributed by atoms with Gasteiger partial charge in [0.25, 0.3) is 0 Å². The molecule has 0 aliphatic rings. The fraction of sp³-hybridized carbons (Fsp3) is 0.643. The van der Waals surface area contributed by atoms with E-state index in [0.29, 0.717) is 9.21 Å². The fourth-order valence-corrected chi connectivity index (χ4v) is 5.19. The van der Waals surface area contributed by atoms with E-state index in [9.17, 15) is 9.36 Å². The molecule has 0 bridgehead atoms. The van der Waals surface area contributed by atoms with Gasteiger partial charge < -0.3 is 23.3 Å². The van der Waals surface area contributed by atoms with Crippen LogP contribution in [0.3, 0.4) is 0 Å². The van der Waals surface area contributed by atoms with Gasteiger partial charge in [-0.2, -0.15) is 0 Å². The highest BCUT2D eigenvalue weighted by molar-refractivity contribution is 7.54. The van der Waals surface area contributed by atoms with Crippen molar-refractivity contribution in [2.24, 2.45) is 0 Å². The molecule has 1 amide bonds. The van der Waals surface area contributed by atoms with E-state index in [4.69, 9.17) is 34.9 Å². The lowest BCUT2D eigenvalue weighted by atomic mass is 10.4. The third kappa shape index (κ3) is 5.65. The molecule has 0 aromatic carbocycles. The predicted octanol–water partition coefficient (Wildman–Crippen LogP) is 3.96. The Bertz CT molecular complexity index is 587. The van der Waals surface area contributed by atoms with Crippen LogP contribution in [0.15, 0.2) is 12.1 Å². The summed E-state index contributed by atoms with van der Waals surface area (Å²) in [6, 6.07) is 3.29. The Labute approximate surface area is 156 Å². The predicted molar refractivity (Wildman–Crippen MR) is 95.2 cm³/mol. The van der Waals surface area contributed by atoms with Crippen LogP contribution in [-0.2, 0) is 27.8 Å². The Balaban J connectivity index is 3.40. The van der Waals surface area contributed by atoms with E-state index in [2.05, 4.69) is 0 Å². The molecule has 1 atom stereocenters. The standard InChI is InChI=1S/C14H23ClNO7PS/c1-6-23-14(17)16(9-12(19-2)20-3)13(24(18,21-4)22-5)10-7-8-11(15)25-10/h7-8,12-13H,6,9H2,1-5H3. The van der Waals surface area contributed by atoms with E-state index in [-0.39, 0.29) is 13.2 Å². The van der Waals surface area contributed by atoms with E-state index in [1.165, 1.54) is 33.3 Å². The van der Waals surface area contributed by atoms with Crippen molar-refractivity contribution < 1.29 is 32.6 Å². The van der Waals surface area contributed by atoms with Gasteiger partial charge in [0, 0.05) is 33.3 Å². The Morgan fingerprint density at radius 1 is 1.24 bits per heavy atom. The highest BCUT2D eigenvalue weighted by Crippen LogP contribution is 2.62. The molecule has 1 unspecified atom stereocenters. The van der Waals surface area contributed by atoms with E-state index >= 15 is 0 Å². The second-order valence-corrected chi connectivity index (χ2v) is 8.72. The molecule has 25 heavy (non-hydrogen) atoms. The average Bonchev–Trinajstić information content (AvgIpc) is 3.03. The summed E-state index contributed by atoms with van der Waals surface area (Å²) < 4.78 is 39.3. The summed E-state index contributed by atoms with van der Waals surface area (Å²) in [4.78, 5) is 14.3. The highest BCUT2D eigenvalue weighted by atomic mass is 35.5. The quantitative estimate of drug-likeness (QED) is 0.422. The molecule has 0 radical (unpaired) electrons. The van der Waals surface area contributed by atoms with Gasteiger partial charge in [0.2, 0.25) is 0 Å². The SMILES string of the molecule is CCOC(=O)N(CC(OC)OC)C(c1ccc(Cl)s1)P(=O)(OC)OC. The number of amides is 1. The number of hydrogen-bond acceptors (Lipinski definition) is 8. The minimum atomic E-state index is -3.74. The lowest BCUT2D eigenvalue weighted by molar-refractivity contribution is -0.115. The summed E-state index contributed by atoms with van der Waals surface area (Å²) >= 11 is 7.17. The molecule has 0 saturated heterocycles. The van der Waals surface area contributed by atoms with Crippen molar-refractivity contribution in [2.45, 2.75) is 19.0 Å². The molecule has 0 saturated carbocycles. The smallest absolute Gasteiger partial charge is 0.411 e. The van der Waals surface area contributed by atoms with Gasteiger partial charge in [0.15, 0.2) is 12.1 Å². The first kappa shape index (κ1) is 22.4. The largest absolute Gasteiger partial charge is 0.450 e. The molecule has 0 aliphatic heterocycles. The molecule has 1 aromatic rings. The first-order valence-electron chi connectivity index (χ1n) is 7.32. The van der Waals surface area contributed by atoms with E-state index < -0.39 is 25.8 Å². The van der Waals surface area contributed by atoms with E-state index in [1.807, 2.05) is 0 Å². The molecule has 1 rings (SSSR count). The zero-order valence-corrected chi connectivity index (χ0v) is 17.2. The average molecular weight is 416 g/mol. The maximum absolute atomic E-state index is 13.2. The molecule has 11 heteroatoms. The summed E-state index contributed by atoms with van der Waals surface area (Å²) in [5.74, 6) is -1.06. The van der Waals surface area contributed by atoms with Crippen LogP contribution < -0.4 is 0 Å². The first-order valence-corrected chi connectivity index (χ1v) is 10.1. The molecule has 8 nitrogen and oxygen atoms in total. The summed E-state index contributed by atoms with van der Waals surface area (Å²) in [6.45, 7) is 1.76. The van der Waals surface area contributed by atoms with Crippen LogP contribution in [0, 0.1) is 0 Å². The van der Waals surface area contributed by atoms with Crippen molar-refractivity contribution in [1.82, 2.24) is 4.90 Å². The summed E-state index contributed by atoms with van der Waals surface area (Å²) in [5, 5.41) is 0. The lowest BCUT2D eigenvalue weighted by Crippen LogP contribution is -2.42. The molecule has 1 heterocycles. The number of carbonyl (C=O) groups excluding carboxylic acids is 1. The van der Waals surface area contributed by atoms with Gasteiger partial charge in [-0.05, 0) is 19.1 Å². The van der Waals surface area contributed by atoms with Crippen molar-refractivity contribution in [1.29, 1.82) is 0 Å².